The van der Waals surface area contributed by atoms with Gasteiger partial charge < -0.3 is 10.3 Å². The van der Waals surface area contributed by atoms with Crippen LogP contribution in [-0.4, -0.2) is 18.1 Å². The van der Waals surface area contributed by atoms with E-state index in [1.165, 1.54) is 17.2 Å². The van der Waals surface area contributed by atoms with Gasteiger partial charge in [0.25, 0.3) is 0 Å². The minimum Gasteiger partial charge on any atom is -0.371 e. The average Bonchev–Trinajstić information content (AvgIpc) is 2.61. The maximum Gasteiger partial charge on any atom is 0.422 e. The zero-order valence-corrected chi connectivity index (χ0v) is 13.4. The fourth-order valence-electron chi connectivity index (χ4n) is 3.23. The number of nitrogens with zero attached hydrogens (tertiary/aromatic N) is 2. The number of pyridine rings is 1. The summed E-state index contributed by atoms with van der Waals surface area (Å²) in [6.07, 6.45) is -3.13. The van der Waals surface area contributed by atoms with Crippen molar-refractivity contribution < 1.29 is 17.6 Å². The molecule has 8 heteroatoms. The van der Waals surface area contributed by atoms with Crippen molar-refractivity contribution in [2.24, 2.45) is 5.84 Å². The molecule has 0 spiro atoms. The Kier molecular flexibility index (Phi) is 4.55. The Bertz CT molecular complexity index is 725. The van der Waals surface area contributed by atoms with E-state index in [0.29, 0.717) is 5.56 Å². The Morgan fingerprint density at radius 2 is 1.72 bits per heavy atom. The fourth-order valence-corrected chi connectivity index (χ4v) is 3.23. The number of hydrogen-bond donors (Lipinski definition) is 2. The predicted octanol–water partition coefficient (Wildman–Crippen LogP) is 3.85. The van der Waals surface area contributed by atoms with Crippen LogP contribution in [0, 0.1) is 0 Å². The molecule has 0 aliphatic carbocycles. The summed E-state index contributed by atoms with van der Waals surface area (Å²) >= 11 is 0. The first-order chi connectivity index (χ1) is 11.8. The third kappa shape index (κ3) is 3.39. The lowest BCUT2D eigenvalue weighted by molar-refractivity contribution is -0.136. The lowest BCUT2D eigenvalue weighted by Gasteiger charge is -2.39. The van der Waals surface area contributed by atoms with Crippen molar-refractivity contribution in [2.75, 3.05) is 23.4 Å². The summed E-state index contributed by atoms with van der Waals surface area (Å²) in [5.74, 6) is 4.73. The van der Waals surface area contributed by atoms with Crippen molar-refractivity contribution in [2.45, 2.75) is 24.7 Å². The molecule has 2 heterocycles. The van der Waals surface area contributed by atoms with Crippen molar-refractivity contribution in [3.05, 3.63) is 53.7 Å². The van der Waals surface area contributed by atoms with Gasteiger partial charge in [0.1, 0.15) is 11.2 Å². The molecule has 4 nitrogen and oxygen atoms in total. The standard InChI is InChI=1S/C17H18F4N4/c18-16(12-4-2-1-3-5-12)7-10-25(11-8-16)13-6-9-23-15(24-22)14(13)17(19,20)21/h1-6,9H,7-8,10-11,22H2,(H,23,24). The summed E-state index contributed by atoms with van der Waals surface area (Å²) in [5.41, 5.74) is 0.0584. The Labute approximate surface area is 142 Å². The number of nitrogen functional groups attached to an aromatic ring is 1. The quantitative estimate of drug-likeness (QED) is 0.499. The van der Waals surface area contributed by atoms with Crippen molar-refractivity contribution in [3.63, 3.8) is 0 Å². The van der Waals surface area contributed by atoms with Crippen LogP contribution in [0.1, 0.15) is 24.0 Å². The molecule has 0 atom stereocenters. The van der Waals surface area contributed by atoms with Gasteiger partial charge in [-0.05, 0) is 11.6 Å². The highest BCUT2D eigenvalue weighted by molar-refractivity contribution is 5.64. The Hall–Kier alpha value is -2.35. The van der Waals surface area contributed by atoms with E-state index in [4.69, 9.17) is 5.84 Å². The van der Waals surface area contributed by atoms with Crippen LogP contribution < -0.4 is 16.2 Å². The lowest BCUT2D eigenvalue weighted by Crippen LogP contribution is -2.41. The molecule has 1 saturated heterocycles. The normalized spacial score (nSPS) is 17.4. The third-order valence-electron chi connectivity index (χ3n) is 4.54. The van der Waals surface area contributed by atoms with E-state index in [2.05, 4.69) is 4.98 Å². The fraction of sp³-hybridized carbons (Fsp3) is 0.353. The summed E-state index contributed by atoms with van der Waals surface area (Å²) in [6, 6.07) is 10.0. The van der Waals surface area contributed by atoms with Gasteiger partial charge in [-0.2, -0.15) is 13.2 Å². The average molecular weight is 354 g/mol. The molecule has 3 rings (SSSR count). The topological polar surface area (TPSA) is 54.2 Å². The van der Waals surface area contributed by atoms with Crippen molar-refractivity contribution in [1.29, 1.82) is 0 Å². The molecule has 1 fully saturated rings. The van der Waals surface area contributed by atoms with E-state index >= 15 is 4.39 Å². The molecule has 0 amide bonds. The zero-order valence-electron chi connectivity index (χ0n) is 13.4. The number of anilines is 2. The third-order valence-corrected chi connectivity index (χ3v) is 4.54. The number of nitrogens with two attached hydrogens (primary N) is 1. The predicted molar refractivity (Wildman–Crippen MR) is 87.7 cm³/mol. The molecule has 1 aliphatic rings. The molecule has 25 heavy (non-hydrogen) atoms. The highest BCUT2D eigenvalue weighted by atomic mass is 19.4. The second-order valence-electron chi connectivity index (χ2n) is 6.01. The maximum atomic E-state index is 15.2. The molecule has 0 bridgehead atoms. The number of alkyl halides is 4. The zero-order chi connectivity index (χ0) is 18.1. The molecular weight excluding hydrogens is 336 g/mol. The van der Waals surface area contributed by atoms with E-state index in [9.17, 15) is 13.2 Å². The molecule has 3 N–H and O–H groups in total. The van der Waals surface area contributed by atoms with Crippen molar-refractivity contribution >= 4 is 11.5 Å². The van der Waals surface area contributed by atoms with Gasteiger partial charge in [0.2, 0.25) is 0 Å². The lowest BCUT2D eigenvalue weighted by atomic mass is 9.86. The van der Waals surface area contributed by atoms with Crippen LogP contribution in [0.3, 0.4) is 0 Å². The van der Waals surface area contributed by atoms with Gasteiger partial charge in [-0.3, -0.25) is 0 Å². The van der Waals surface area contributed by atoms with Crippen molar-refractivity contribution in [3.8, 4) is 0 Å². The number of rotatable bonds is 3. The molecule has 1 aromatic carbocycles. The van der Waals surface area contributed by atoms with Crippen molar-refractivity contribution in [1.82, 2.24) is 4.98 Å². The summed E-state index contributed by atoms with van der Waals surface area (Å²) in [7, 11) is 0. The SMILES string of the molecule is NNc1nccc(N2CCC(F)(c3ccccc3)CC2)c1C(F)(F)F. The van der Waals surface area contributed by atoms with Gasteiger partial charge in [0.15, 0.2) is 5.82 Å². The number of hydrazine groups is 1. The smallest absolute Gasteiger partial charge is 0.371 e. The van der Waals surface area contributed by atoms with Crippen LogP contribution in [-0.2, 0) is 11.8 Å². The Morgan fingerprint density at radius 1 is 1.08 bits per heavy atom. The highest BCUT2D eigenvalue weighted by Crippen LogP contribution is 2.43. The molecule has 1 aliphatic heterocycles. The largest absolute Gasteiger partial charge is 0.422 e. The molecule has 2 aromatic rings. The van der Waals surface area contributed by atoms with Gasteiger partial charge in [0.05, 0.1) is 5.69 Å². The first kappa shape index (κ1) is 17.5. The van der Waals surface area contributed by atoms with Gasteiger partial charge in [-0.1, -0.05) is 30.3 Å². The number of aromatic nitrogens is 1. The number of nitrogens with one attached hydrogen (secondary N) is 1. The van der Waals surface area contributed by atoms with Crippen LogP contribution in [0.25, 0.3) is 0 Å². The Morgan fingerprint density at radius 3 is 2.28 bits per heavy atom. The number of piperidine rings is 1. The molecule has 0 saturated carbocycles. The number of hydrogen-bond acceptors (Lipinski definition) is 4. The number of benzene rings is 1. The summed E-state index contributed by atoms with van der Waals surface area (Å²) in [4.78, 5) is 5.17. The van der Waals surface area contributed by atoms with E-state index in [1.54, 1.807) is 30.3 Å². The monoisotopic (exact) mass is 354 g/mol. The van der Waals surface area contributed by atoms with E-state index in [-0.39, 0.29) is 31.6 Å². The second kappa shape index (κ2) is 6.51. The van der Waals surface area contributed by atoms with E-state index in [1.807, 2.05) is 5.43 Å². The van der Waals surface area contributed by atoms with Gasteiger partial charge in [-0.15, -0.1) is 0 Å². The van der Waals surface area contributed by atoms with E-state index < -0.39 is 23.2 Å². The maximum absolute atomic E-state index is 15.2. The molecule has 0 radical (unpaired) electrons. The minimum absolute atomic E-state index is 0.0365. The molecular formula is C17H18F4N4. The van der Waals surface area contributed by atoms with Crippen LogP contribution >= 0.6 is 0 Å². The van der Waals surface area contributed by atoms with Gasteiger partial charge >= 0.3 is 6.18 Å². The van der Waals surface area contributed by atoms with Crippen LogP contribution in [0.5, 0.6) is 0 Å². The summed E-state index contributed by atoms with van der Waals surface area (Å²) < 4.78 is 55.5. The second-order valence-corrected chi connectivity index (χ2v) is 6.01. The molecule has 0 unspecified atom stereocenters. The minimum atomic E-state index is -4.62. The molecule has 134 valence electrons. The summed E-state index contributed by atoms with van der Waals surface area (Å²) in [6.45, 7) is 0.338. The number of halogens is 4. The highest BCUT2D eigenvalue weighted by Gasteiger charge is 2.41. The van der Waals surface area contributed by atoms with Crippen LogP contribution in [0.2, 0.25) is 0 Å². The Balaban J connectivity index is 1.87. The first-order valence-electron chi connectivity index (χ1n) is 7.87. The summed E-state index contributed by atoms with van der Waals surface area (Å²) in [5, 5.41) is 0. The van der Waals surface area contributed by atoms with Crippen LogP contribution in [0.15, 0.2) is 42.6 Å². The van der Waals surface area contributed by atoms with Crippen LogP contribution in [0.4, 0.5) is 29.1 Å². The molecule has 1 aromatic heterocycles. The van der Waals surface area contributed by atoms with Gasteiger partial charge in [-0.25, -0.2) is 15.2 Å². The first-order valence-corrected chi connectivity index (χ1v) is 7.87. The van der Waals surface area contributed by atoms with E-state index in [0.717, 1.165) is 0 Å². The van der Waals surface area contributed by atoms with Gasteiger partial charge in [0, 0.05) is 32.1 Å².